The number of nitrogens with zero attached hydrogens (tertiary/aromatic N) is 1. The summed E-state index contributed by atoms with van der Waals surface area (Å²) in [5.41, 5.74) is 0.171. The molecule has 0 fully saturated rings. The van der Waals surface area contributed by atoms with Crippen LogP contribution in [0.1, 0.15) is 64.3 Å². The normalized spacial score (nSPS) is 14.2. The maximum absolute atomic E-state index is 4.53. The summed E-state index contributed by atoms with van der Waals surface area (Å²) in [6.45, 7) is 14.4. The van der Waals surface area contributed by atoms with Crippen molar-refractivity contribution in [3.8, 4) is 0 Å². The summed E-state index contributed by atoms with van der Waals surface area (Å²) in [6, 6.07) is 0.584. The third-order valence-corrected chi connectivity index (χ3v) is 4.97. The highest BCUT2D eigenvalue weighted by molar-refractivity contribution is 7.11. The molecule has 104 valence electrons. The molecule has 0 saturated carbocycles. The van der Waals surface area contributed by atoms with Gasteiger partial charge in [0.25, 0.3) is 0 Å². The molecule has 0 spiro atoms. The summed E-state index contributed by atoms with van der Waals surface area (Å²) >= 11 is 1.84. The molecule has 2 nitrogen and oxygen atoms in total. The minimum absolute atomic E-state index is 0.171. The van der Waals surface area contributed by atoms with Gasteiger partial charge in [-0.15, -0.1) is 11.3 Å². The molecule has 1 unspecified atom stereocenters. The van der Waals surface area contributed by atoms with Crippen molar-refractivity contribution in [1.29, 1.82) is 0 Å². The molecule has 1 rings (SSSR count). The first-order chi connectivity index (χ1) is 8.38. The molecule has 0 radical (unpaired) electrons. The van der Waals surface area contributed by atoms with Crippen LogP contribution >= 0.6 is 11.3 Å². The van der Waals surface area contributed by atoms with E-state index in [4.69, 9.17) is 0 Å². The number of rotatable bonds is 6. The fourth-order valence-electron chi connectivity index (χ4n) is 2.16. The van der Waals surface area contributed by atoms with Crippen LogP contribution in [0.2, 0.25) is 0 Å². The van der Waals surface area contributed by atoms with Crippen LogP contribution in [0.4, 0.5) is 0 Å². The molecular weight excluding hydrogens is 240 g/mol. The van der Waals surface area contributed by atoms with Gasteiger partial charge in [-0.05, 0) is 12.8 Å². The van der Waals surface area contributed by atoms with E-state index in [0.717, 1.165) is 12.5 Å². The van der Waals surface area contributed by atoms with E-state index in [-0.39, 0.29) is 5.41 Å². The van der Waals surface area contributed by atoms with Crippen LogP contribution in [-0.4, -0.2) is 11.0 Å². The third-order valence-electron chi connectivity index (χ3n) is 3.55. The predicted molar refractivity (Wildman–Crippen MR) is 81.2 cm³/mol. The zero-order valence-electron chi connectivity index (χ0n) is 12.7. The lowest BCUT2D eigenvalue weighted by molar-refractivity contribution is 0.354. The summed E-state index contributed by atoms with van der Waals surface area (Å²) in [5.74, 6) is 0.778. The van der Waals surface area contributed by atoms with Gasteiger partial charge in [0.2, 0.25) is 0 Å². The molecule has 18 heavy (non-hydrogen) atoms. The van der Waals surface area contributed by atoms with E-state index >= 15 is 0 Å². The van der Waals surface area contributed by atoms with Crippen LogP contribution < -0.4 is 5.32 Å². The van der Waals surface area contributed by atoms with Crippen molar-refractivity contribution in [2.75, 3.05) is 0 Å². The van der Waals surface area contributed by atoms with Crippen LogP contribution in [0.5, 0.6) is 0 Å². The molecule has 0 bridgehead atoms. The van der Waals surface area contributed by atoms with E-state index in [2.05, 4.69) is 51.8 Å². The van der Waals surface area contributed by atoms with Gasteiger partial charge >= 0.3 is 0 Å². The van der Waals surface area contributed by atoms with E-state index in [1.54, 1.807) is 0 Å². The molecule has 1 aromatic rings. The van der Waals surface area contributed by atoms with Crippen LogP contribution in [0, 0.1) is 5.92 Å². The Balaban J connectivity index is 2.51. The summed E-state index contributed by atoms with van der Waals surface area (Å²) < 4.78 is 0. The standard InChI is InChI=1S/C15H28N2S/c1-7-12(8-2)11(3)16-9-13-10-17-14(18-13)15(4,5)6/h10-12,16H,7-9H2,1-6H3. The molecule has 0 aliphatic heterocycles. The van der Waals surface area contributed by atoms with E-state index in [1.165, 1.54) is 22.7 Å². The second-order valence-electron chi connectivity index (χ2n) is 6.13. The minimum Gasteiger partial charge on any atom is -0.309 e. The van der Waals surface area contributed by atoms with Gasteiger partial charge in [0.05, 0.1) is 5.01 Å². The Morgan fingerprint density at radius 1 is 1.28 bits per heavy atom. The molecule has 1 atom stereocenters. The summed E-state index contributed by atoms with van der Waals surface area (Å²) in [6.07, 6.45) is 4.53. The second-order valence-corrected chi connectivity index (χ2v) is 7.24. The van der Waals surface area contributed by atoms with Crippen LogP contribution in [0.25, 0.3) is 0 Å². The van der Waals surface area contributed by atoms with Crippen molar-refractivity contribution in [2.24, 2.45) is 5.92 Å². The topological polar surface area (TPSA) is 24.9 Å². The van der Waals surface area contributed by atoms with Gasteiger partial charge in [0, 0.05) is 29.1 Å². The Kier molecular flexibility index (Phi) is 5.80. The average molecular weight is 268 g/mol. The van der Waals surface area contributed by atoms with E-state index in [9.17, 15) is 0 Å². The Morgan fingerprint density at radius 3 is 2.33 bits per heavy atom. The lowest BCUT2D eigenvalue weighted by Crippen LogP contribution is -2.32. The van der Waals surface area contributed by atoms with Gasteiger partial charge in [-0.3, -0.25) is 0 Å². The molecule has 0 saturated heterocycles. The molecule has 0 aliphatic rings. The second kappa shape index (κ2) is 6.67. The quantitative estimate of drug-likeness (QED) is 0.829. The molecule has 1 heterocycles. The predicted octanol–water partition coefficient (Wildman–Crippen LogP) is 4.35. The van der Waals surface area contributed by atoms with E-state index in [0.29, 0.717) is 6.04 Å². The molecule has 1 aromatic heterocycles. The van der Waals surface area contributed by atoms with Gasteiger partial charge in [-0.1, -0.05) is 47.5 Å². The highest BCUT2D eigenvalue weighted by Crippen LogP contribution is 2.26. The van der Waals surface area contributed by atoms with Gasteiger partial charge in [0.15, 0.2) is 0 Å². The number of aromatic nitrogens is 1. The number of thiazole rings is 1. The lowest BCUT2D eigenvalue weighted by Gasteiger charge is -2.22. The van der Waals surface area contributed by atoms with Gasteiger partial charge in [-0.25, -0.2) is 4.98 Å². The number of nitrogens with one attached hydrogen (secondary N) is 1. The van der Waals surface area contributed by atoms with E-state index < -0.39 is 0 Å². The largest absolute Gasteiger partial charge is 0.309 e. The number of hydrogen-bond acceptors (Lipinski definition) is 3. The zero-order valence-corrected chi connectivity index (χ0v) is 13.5. The van der Waals surface area contributed by atoms with Crippen LogP contribution in [0.3, 0.4) is 0 Å². The molecule has 0 amide bonds. The van der Waals surface area contributed by atoms with Crippen molar-refractivity contribution < 1.29 is 0 Å². The van der Waals surface area contributed by atoms with Crippen molar-refractivity contribution in [3.05, 3.63) is 16.1 Å². The minimum atomic E-state index is 0.171. The lowest BCUT2D eigenvalue weighted by atomic mass is 9.95. The van der Waals surface area contributed by atoms with Crippen molar-refractivity contribution in [2.45, 2.75) is 72.4 Å². The molecule has 0 aromatic carbocycles. The van der Waals surface area contributed by atoms with Crippen molar-refractivity contribution >= 4 is 11.3 Å². The zero-order chi connectivity index (χ0) is 13.8. The Labute approximate surface area is 116 Å². The van der Waals surface area contributed by atoms with E-state index in [1.807, 2.05) is 17.5 Å². The fraction of sp³-hybridized carbons (Fsp3) is 0.800. The first kappa shape index (κ1) is 15.6. The Bertz CT molecular complexity index is 348. The summed E-state index contributed by atoms with van der Waals surface area (Å²) in [7, 11) is 0. The molecule has 3 heteroatoms. The smallest absolute Gasteiger partial charge is 0.0981 e. The maximum Gasteiger partial charge on any atom is 0.0981 e. The molecule has 0 aliphatic carbocycles. The monoisotopic (exact) mass is 268 g/mol. The summed E-state index contributed by atoms with van der Waals surface area (Å²) in [5, 5.41) is 4.87. The maximum atomic E-state index is 4.53. The molecular formula is C15H28N2S. The van der Waals surface area contributed by atoms with Crippen LogP contribution in [0.15, 0.2) is 6.20 Å². The van der Waals surface area contributed by atoms with Crippen molar-refractivity contribution in [3.63, 3.8) is 0 Å². The highest BCUT2D eigenvalue weighted by atomic mass is 32.1. The van der Waals surface area contributed by atoms with Crippen LogP contribution in [-0.2, 0) is 12.0 Å². The number of hydrogen-bond donors (Lipinski definition) is 1. The van der Waals surface area contributed by atoms with Gasteiger partial charge < -0.3 is 5.32 Å². The van der Waals surface area contributed by atoms with Crippen molar-refractivity contribution in [1.82, 2.24) is 10.3 Å². The molecule has 1 N–H and O–H groups in total. The summed E-state index contributed by atoms with van der Waals surface area (Å²) in [4.78, 5) is 5.87. The van der Waals surface area contributed by atoms with Gasteiger partial charge in [0.1, 0.15) is 0 Å². The highest BCUT2D eigenvalue weighted by Gasteiger charge is 2.18. The Hall–Kier alpha value is -0.410. The van der Waals surface area contributed by atoms with Gasteiger partial charge in [-0.2, -0.15) is 0 Å². The first-order valence-electron chi connectivity index (χ1n) is 7.07. The first-order valence-corrected chi connectivity index (χ1v) is 7.88. The fourth-order valence-corrected chi connectivity index (χ4v) is 3.08. The SMILES string of the molecule is CCC(CC)C(C)NCc1cnc(C(C)(C)C)s1. The average Bonchev–Trinajstić information content (AvgIpc) is 2.76. The Morgan fingerprint density at radius 2 is 1.89 bits per heavy atom. The third kappa shape index (κ3) is 4.36.